The molecule has 2 saturated carbocycles. The largest absolute Gasteiger partial charge is 0.481 e. The Labute approximate surface area is 71.1 Å². The molecule has 4 atom stereocenters. The molecule has 12 heavy (non-hydrogen) atoms. The Kier molecular flexibility index (Phi) is 2.39. The number of carboxylic acid groups (broad SMARTS) is 1. The van der Waals surface area contributed by atoms with Crippen molar-refractivity contribution in [3.05, 3.63) is 0 Å². The van der Waals surface area contributed by atoms with Gasteiger partial charge in [-0.25, -0.2) is 0 Å². The van der Waals surface area contributed by atoms with Gasteiger partial charge in [-0.1, -0.05) is 0 Å². The van der Waals surface area contributed by atoms with Gasteiger partial charge in [0.15, 0.2) is 0 Å². The molecular weight excluding hydrogens is 158 g/mol. The first kappa shape index (κ1) is 9.48. The third kappa shape index (κ3) is 1.11. The van der Waals surface area contributed by atoms with Crippen molar-refractivity contribution in [3.63, 3.8) is 0 Å². The predicted molar refractivity (Wildman–Crippen MR) is 43.5 cm³/mol. The number of aliphatic carboxylic acids is 1. The van der Waals surface area contributed by atoms with Crippen LogP contribution in [0, 0.1) is 17.8 Å². The molecule has 2 bridgehead atoms. The molecule has 4 unspecified atom stereocenters. The van der Waals surface area contributed by atoms with Gasteiger partial charge in [-0.2, -0.15) is 0 Å². The van der Waals surface area contributed by atoms with Gasteiger partial charge in [0.05, 0.1) is 5.92 Å². The van der Waals surface area contributed by atoms with E-state index in [9.17, 15) is 4.79 Å². The van der Waals surface area contributed by atoms with Crippen LogP contribution in [0.1, 0.15) is 19.3 Å². The van der Waals surface area contributed by atoms with Crippen LogP contribution in [0.25, 0.3) is 0 Å². The Morgan fingerprint density at radius 2 is 1.92 bits per heavy atom. The van der Waals surface area contributed by atoms with Crippen LogP contribution in [0.15, 0.2) is 0 Å². The molecule has 2 aliphatic rings. The molecule has 4 nitrogen and oxygen atoms in total. The van der Waals surface area contributed by atoms with Gasteiger partial charge < -0.3 is 16.3 Å². The van der Waals surface area contributed by atoms with Gasteiger partial charge in [-0.15, -0.1) is 0 Å². The van der Waals surface area contributed by atoms with Crippen molar-refractivity contribution in [1.82, 2.24) is 0 Å². The minimum atomic E-state index is -0.690. The summed E-state index contributed by atoms with van der Waals surface area (Å²) < 4.78 is 0. The summed E-state index contributed by atoms with van der Waals surface area (Å²) in [7, 11) is 0. The molecule has 0 heterocycles. The highest BCUT2D eigenvalue weighted by molar-refractivity contribution is 5.72. The van der Waals surface area contributed by atoms with Gasteiger partial charge in [0, 0.05) is 6.04 Å². The van der Waals surface area contributed by atoms with Crippen LogP contribution in [-0.4, -0.2) is 22.6 Å². The SMILES string of the molecule is NC1C2CCC(C2)C1C(=O)O.O. The van der Waals surface area contributed by atoms with Crippen molar-refractivity contribution < 1.29 is 15.4 Å². The van der Waals surface area contributed by atoms with E-state index < -0.39 is 5.97 Å². The Hall–Kier alpha value is -0.610. The molecule has 70 valence electrons. The first-order valence-electron chi connectivity index (χ1n) is 4.18. The molecule has 0 saturated heterocycles. The zero-order valence-electron chi connectivity index (χ0n) is 6.86. The second-order valence-electron chi connectivity index (χ2n) is 3.77. The van der Waals surface area contributed by atoms with E-state index in [1.807, 2.05) is 0 Å². The molecule has 0 aromatic heterocycles. The highest BCUT2D eigenvalue weighted by Crippen LogP contribution is 2.47. The summed E-state index contributed by atoms with van der Waals surface area (Å²) >= 11 is 0. The summed E-state index contributed by atoms with van der Waals surface area (Å²) in [5, 5.41) is 8.83. The number of fused-ring (bicyclic) bond motifs is 2. The lowest BCUT2D eigenvalue weighted by atomic mass is 9.85. The lowest BCUT2D eigenvalue weighted by Gasteiger charge is -2.23. The number of rotatable bonds is 1. The quantitative estimate of drug-likeness (QED) is 0.565. The van der Waals surface area contributed by atoms with Crippen molar-refractivity contribution in [2.75, 3.05) is 0 Å². The smallest absolute Gasteiger partial charge is 0.308 e. The molecular formula is C8H15NO3. The van der Waals surface area contributed by atoms with Crippen molar-refractivity contribution >= 4 is 5.97 Å². The fourth-order valence-corrected chi connectivity index (χ4v) is 2.70. The highest BCUT2D eigenvalue weighted by atomic mass is 16.4. The molecule has 2 aliphatic carbocycles. The molecule has 0 amide bonds. The zero-order chi connectivity index (χ0) is 8.01. The van der Waals surface area contributed by atoms with E-state index >= 15 is 0 Å². The maximum atomic E-state index is 10.7. The van der Waals surface area contributed by atoms with Crippen LogP contribution < -0.4 is 5.73 Å². The third-order valence-electron chi connectivity index (χ3n) is 3.27. The minimum Gasteiger partial charge on any atom is -0.481 e. The van der Waals surface area contributed by atoms with Crippen LogP contribution in [0.2, 0.25) is 0 Å². The van der Waals surface area contributed by atoms with Crippen molar-refractivity contribution in [1.29, 1.82) is 0 Å². The maximum Gasteiger partial charge on any atom is 0.308 e. The second-order valence-corrected chi connectivity index (χ2v) is 3.77. The lowest BCUT2D eigenvalue weighted by molar-refractivity contribution is -0.144. The first-order chi connectivity index (χ1) is 5.20. The Balaban J connectivity index is 0.000000720. The second kappa shape index (κ2) is 3.03. The van der Waals surface area contributed by atoms with E-state index in [0.29, 0.717) is 11.8 Å². The van der Waals surface area contributed by atoms with Crippen LogP contribution >= 0.6 is 0 Å². The van der Waals surface area contributed by atoms with E-state index in [2.05, 4.69) is 0 Å². The van der Waals surface area contributed by atoms with Crippen LogP contribution in [0.5, 0.6) is 0 Å². The van der Waals surface area contributed by atoms with Gasteiger partial charge in [-0.3, -0.25) is 4.79 Å². The van der Waals surface area contributed by atoms with Gasteiger partial charge in [0.1, 0.15) is 0 Å². The molecule has 5 N–H and O–H groups in total. The summed E-state index contributed by atoms with van der Waals surface area (Å²) in [5.74, 6) is -0.0490. The molecule has 4 heteroatoms. The normalized spacial score (nSPS) is 44.1. The fraction of sp³-hybridized carbons (Fsp3) is 0.875. The van der Waals surface area contributed by atoms with E-state index in [1.54, 1.807) is 0 Å². The summed E-state index contributed by atoms with van der Waals surface area (Å²) in [6, 6.07) is -0.0637. The lowest BCUT2D eigenvalue weighted by Crippen LogP contribution is -2.40. The average Bonchev–Trinajstić information content (AvgIpc) is 2.44. The van der Waals surface area contributed by atoms with E-state index in [1.165, 1.54) is 0 Å². The topological polar surface area (TPSA) is 94.8 Å². The summed E-state index contributed by atoms with van der Waals surface area (Å²) in [5.41, 5.74) is 5.78. The molecule has 0 aliphatic heterocycles. The van der Waals surface area contributed by atoms with E-state index in [0.717, 1.165) is 19.3 Å². The Bertz CT molecular complexity index is 193. The zero-order valence-corrected chi connectivity index (χ0v) is 6.86. The van der Waals surface area contributed by atoms with Crippen molar-refractivity contribution in [2.45, 2.75) is 25.3 Å². The number of nitrogens with two attached hydrogens (primary N) is 1. The van der Waals surface area contributed by atoms with Crippen molar-refractivity contribution in [2.24, 2.45) is 23.5 Å². The number of hydrogen-bond donors (Lipinski definition) is 2. The molecule has 0 spiro atoms. The highest BCUT2D eigenvalue weighted by Gasteiger charge is 2.49. The molecule has 2 rings (SSSR count). The van der Waals surface area contributed by atoms with E-state index in [-0.39, 0.29) is 17.4 Å². The fourth-order valence-electron chi connectivity index (χ4n) is 2.70. The monoisotopic (exact) mass is 173 g/mol. The molecule has 2 fully saturated rings. The summed E-state index contributed by atoms with van der Waals surface area (Å²) in [6.07, 6.45) is 3.28. The average molecular weight is 173 g/mol. The van der Waals surface area contributed by atoms with Crippen molar-refractivity contribution in [3.8, 4) is 0 Å². The number of hydrogen-bond acceptors (Lipinski definition) is 2. The predicted octanol–water partition coefficient (Wildman–Crippen LogP) is -0.380. The summed E-state index contributed by atoms with van der Waals surface area (Å²) in [4.78, 5) is 10.7. The van der Waals surface area contributed by atoms with E-state index in [4.69, 9.17) is 10.8 Å². The Morgan fingerprint density at radius 3 is 2.25 bits per heavy atom. The standard InChI is InChI=1S/C8H13NO2.H2O/c9-7-5-2-1-4(3-5)6(7)8(10)11;/h4-7H,1-3,9H2,(H,10,11);1H2. The molecule has 0 radical (unpaired) electrons. The van der Waals surface area contributed by atoms with Crippen LogP contribution in [-0.2, 0) is 4.79 Å². The maximum absolute atomic E-state index is 10.7. The Morgan fingerprint density at radius 1 is 1.33 bits per heavy atom. The first-order valence-corrected chi connectivity index (χ1v) is 4.18. The van der Waals surface area contributed by atoms with Crippen LogP contribution in [0.4, 0.5) is 0 Å². The van der Waals surface area contributed by atoms with Gasteiger partial charge >= 0.3 is 5.97 Å². The third-order valence-corrected chi connectivity index (χ3v) is 3.27. The minimum absolute atomic E-state index is 0. The van der Waals surface area contributed by atoms with Gasteiger partial charge in [0.25, 0.3) is 0 Å². The number of carbonyl (C=O) groups is 1. The van der Waals surface area contributed by atoms with Gasteiger partial charge in [0.2, 0.25) is 0 Å². The van der Waals surface area contributed by atoms with Crippen LogP contribution in [0.3, 0.4) is 0 Å². The number of carboxylic acids is 1. The van der Waals surface area contributed by atoms with Gasteiger partial charge in [-0.05, 0) is 31.1 Å². The molecule has 0 aromatic carbocycles. The molecule has 0 aromatic rings. The summed E-state index contributed by atoms with van der Waals surface area (Å²) in [6.45, 7) is 0.